The number of amides is 19. The summed E-state index contributed by atoms with van der Waals surface area (Å²) in [5, 5.41) is 104. The van der Waals surface area contributed by atoms with Crippen molar-refractivity contribution in [2.75, 3.05) is 26.3 Å². The summed E-state index contributed by atoms with van der Waals surface area (Å²) in [6.07, 6.45) is -7.55. The fourth-order valence-corrected chi connectivity index (χ4v) is 12.3. The number of phenols is 1. The Kier molecular flexibility index (Phi) is 49.2. The molecule has 0 aliphatic carbocycles. The highest BCUT2D eigenvalue weighted by Gasteiger charge is 2.41. The number of carboxylic acids is 4. The second-order valence-corrected chi connectivity index (χ2v) is 31.7. The number of carboxylic acid groups (broad SMARTS) is 4. The molecule has 2 aromatic rings. The number of carbonyl (C=O) groups is 23. The largest absolute Gasteiger partial charge is 0.508 e. The third-order valence-electron chi connectivity index (χ3n) is 20.0. The van der Waals surface area contributed by atoms with E-state index in [0.29, 0.717) is 11.1 Å². The maximum atomic E-state index is 14.7. The lowest BCUT2D eigenvalue weighted by Gasteiger charge is -2.30. The van der Waals surface area contributed by atoms with Crippen molar-refractivity contribution in [1.29, 1.82) is 0 Å². The van der Waals surface area contributed by atoms with E-state index in [1.54, 1.807) is 33.8 Å². The molecule has 0 heterocycles. The van der Waals surface area contributed by atoms with Crippen LogP contribution in [-0.2, 0) is 123 Å². The Balaban J connectivity index is 2.43. The molecule has 0 radical (unpaired) electrons. The van der Waals surface area contributed by atoms with Crippen LogP contribution in [0.2, 0.25) is 0 Å². The third kappa shape index (κ3) is 42.2. The Hall–Kier alpha value is -14.1. The molecule has 0 spiro atoms. The number of rotatable bonds is 61. The number of nitrogens with two attached hydrogens (primary N) is 4. The molecule has 31 N–H and O–H groups in total. The van der Waals surface area contributed by atoms with E-state index in [2.05, 4.69) is 85.1 Å². The molecule has 0 saturated carbocycles. The van der Waals surface area contributed by atoms with E-state index in [4.69, 9.17) is 22.9 Å². The molecule has 2 aromatic carbocycles. The molecule has 50 heteroatoms. The maximum Gasteiger partial charge on any atom is 0.328 e. The number of carbonyl (C=O) groups excluding carboxylic acids is 19. The predicted octanol–water partition coefficient (Wildman–Crippen LogP) is -9.37. The van der Waals surface area contributed by atoms with Crippen molar-refractivity contribution in [1.82, 2.24) is 85.1 Å². The van der Waals surface area contributed by atoms with Crippen molar-refractivity contribution in [3.63, 3.8) is 0 Å². The fraction of sp³-hybridized carbons (Fsp3) is 0.568. The minimum absolute atomic E-state index is 0.113. The van der Waals surface area contributed by atoms with Gasteiger partial charge in [0, 0.05) is 32.1 Å². The Morgan fingerprint density at radius 2 is 0.687 bits per heavy atom. The molecule has 0 aliphatic rings. The molecule has 0 bridgehead atoms. The maximum absolute atomic E-state index is 14.7. The van der Waals surface area contributed by atoms with Crippen molar-refractivity contribution in [2.45, 2.75) is 243 Å². The van der Waals surface area contributed by atoms with E-state index in [1.807, 2.05) is 0 Å². The van der Waals surface area contributed by atoms with Gasteiger partial charge < -0.3 is 144 Å². The molecule has 0 saturated heterocycles. The molecule has 0 aliphatic heterocycles. The van der Waals surface area contributed by atoms with Gasteiger partial charge in [-0.25, -0.2) is 4.79 Å². The van der Waals surface area contributed by atoms with Gasteiger partial charge in [0.2, 0.25) is 112 Å². The van der Waals surface area contributed by atoms with Gasteiger partial charge in [0.15, 0.2) is 0 Å². The van der Waals surface area contributed by atoms with Gasteiger partial charge in [-0.05, 0) is 79.5 Å². The molecule has 0 aromatic heterocycles. The summed E-state index contributed by atoms with van der Waals surface area (Å²) in [6, 6.07) is -13.2. The molecule has 50 nitrogen and oxygen atoms in total. The van der Waals surface area contributed by atoms with Crippen LogP contribution < -0.4 is 108 Å². The predicted molar refractivity (Wildman–Crippen MR) is 456 cm³/mol. The summed E-state index contributed by atoms with van der Waals surface area (Å²) in [5.41, 5.74) is 22.5. The molecule has 2 unspecified atom stereocenters. The average molecular weight is 1860 g/mol. The van der Waals surface area contributed by atoms with Gasteiger partial charge in [-0.1, -0.05) is 111 Å². The standard InChI is InChI=1S/C81H122N20O30/c1-10-39(7)65(79(128)88-41(9)67(116)91-46(23-26-61(110)111)69(118)86-33-59(108)89-50(29-43-17-19-44(104)20-18-43)73(122)98-55(36-103)81(130)131)101-77(126)53(31-62(112)113)90-60(109)34-87-70(119)49(27-37(3)4)94-71(120)47(21-24-56(83)105)93-74(123)51(28-42-15-13-12-14-16-42)95-76(125)54(32-63(114)115)96-75(124)52(30-58(85)107)97-78(127)64(38(5)6)99-80(129)66(40(8)11-2)100-72(121)48(22-25-57(84)106)92-68(117)45(82)35-102/h12-20,37-41,45-55,64-66,102-104H,10-11,21-36,82H2,1-9H3,(H2,83,105)(H2,84,106)(H2,85,107)(H,86,118)(H,87,119)(H,88,128)(H,89,108)(H,90,109)(H,91,116)(H,92,117)(H,93,123)(H,94,120)(H,95,125)(H,96,124)(H,97,127)(H,98,122)(H,99,129)(H,100,121)(H,101,126)(H,110,111)(H,112,113)(H,114,115)(H,130,131)/t39?,40?,41-,45-,46-,47-,48-,49-,50-,51-,52-,53-,54-,55-,64-,65-,66-/m0/s1. The highest BCUT2D eigenvalue weighted by Crippen LogP contribution is 2.18. The lowest BCUT2D eigenvalue weighted by Crippen LogP contribution is -2.62. The number of aliphatic hydroxyl groups excluding tert-OH is 2. The molecule has 2 rings (SSSR count). The molecule has 726 valence electrons. The number of phenolic OH excluding ortho intramolecular Hbond substituents is 1. The summed E-state index contributed by atoms with van der Waals surface area (Å²) in [6.45, 7) is 9.55. The van der Waals surface area contributed by atoms with E-state index < -0.39 is 335 Å². The van der Waals surface area contributed by atoms with Gasteiger partial charge in [0.1, 0.15) is 96.4 Å². The van der Waals surface area contributed by atoms with Crippen LogP contribution in [0, 0.1) is 23.7 Å². The SMILES string of the molecule is CCC(C)[C@H](NC(=O)[C@H](CC(=O)O)NC(=O)CNC(=O)[C@H](CC(C)C)NC(=O)[C@H](CCC(N)=O)NC(=O)[C@H](Cc1ccccc1)NC(=O)[C@H](CC(=O)O)NC(=O)[C@H](CC(N)=O)NC(=O)[C@@H](NC(=O)[C@@H](NC(=O)[C@H](CCC(N)=O)NC(=O)[C@@H](N)CO)C(C)CC)C(C)C)C(=O)N[C@@H](C)C(=O)N[C@@H](CCC(=O)O)C(=O)NCC(=O)N[C@@H](Cc1ccc(O)cc1)C(=O)N[C@@H](CO)C(=O)O. The summed E-state index contributed by atoms with van der Waals surface area (Å²) >= 11 is 0. The summed E-state index contributed by atoms with van der Waals surface area (Å²) in [5.74, 6) is -31.3. The Labute approximate surface area is 751 Å². The quantitative estimate of drug-likeness (QED) is 0.0292. The Morgan fingerprint density at radius 1 is 0.336 bits per heavy atom. The van der Waals surface area contributed by atoms with Gasteiger partial charge in [0.05, 0.1) is 45.6 Å². The van der Waals surface area contributed by atoms with Crippen molar-refractivity contribution < 1.29 is 146 Å². The zero-order valence-corrected chi connectivity index (χ0v) is 73.7. The van der Waals surface area contributed by atoms with Crippen molar-refractivity contribution in [3.05, 3.63) is 65.7 Å². The average Bonchev–Trinajstić information content (AvgIpc) is 0.835. The van der Waals surface area contributed by atoms with E-state index >= 15 is 0 Å². The summed E-state index contributed by atoms with van der Waals surface area (Å²) in [4.78, 5) is 306. The van der Waals surface area contributed by atoms with Crippen LogP contribution in [0.5, 0.6) is 5.75 Å². The fourth-order valence-electron chi connectivity index (χ4n) is 12.3. The van der Waals surface area contributed by atoms with Crippen molar-refractivity contribution in [2.24, 2.45) is 46.6 Å². The van der Waals surface area contributed by atoms with Crippen LogP contribution >= 0.6 is 0 Å². The van der Waals surface area contributed by atoms with Crippen molar-refractivity contribution in [3.8, 4) is 5.75 Å². The second-order valence-electron chi connectivity index (χ2n) is 31.7. The zero-order chi connectivity index (χ0) is 99.4. The number of aromatic hydroxyl groups is 1. The van der Waals surface area contributed by atoms with Gasteiger partial charge >= 0.3 is 23.9 Å². The molecule has 19 amide bonds. The molecule has 0 fully saturated rings. The minimum atomic E-state index is -2.19. The lowest BCUT2D eigenvalue weighted by molar-refractivity contribution is -0.143. The number of aliphatic hydroxyl groups is 2. The number of primary amides is 3. The summed E-state index contributed by atoms with van der Waals surface area (Å²) < 4.78 is 0. The first-order valence-electron chi connectivity index (χ1n) is 41.7. The zero-order valence-electron chi connectivity index (χ0n) is 73.7. The van der Waals surface area contributed by atoms with Crippen LogP contribution in [0.4, 0.5) is 0 Å². The van der Waals surface area contributed by atoms with Gasteiger partial charge in [-0.3, -0.25) is 105 Å². The van der Waals surface area contributed by atoms with E-state index in [1.165, 1.54) is 76.2 Å². The van der Waals surface area contributed by atoms with Gasteiger partial charge in [-0.15, -0.1) is 0 Å². The number of aliphatic carboxylic acids is 4. The number of hydrogen-bond acceptors (Lipinski definition) is 27. The smallest absolute Gasteiger partial charge is 0.328 e. The van der Waals surface area contributed by atoms with Crippen LogP contribution in [-0.4, -0.2) is 289 Å². The Morgan fingerprint density at radius 3 is 1.13 bits per heavy atom. The first-order valence-corrected chi connectivity index (χ1v) is 41.7. The van der Waals surface area contributed by atoms with E-state index in [0.717, 1.165) is 6.92 Å². The van der Waals surface area contributed by atoms with Crippen LogP contribution in [0.1, 0.15) is 150 Å². The Bertz CT molecular complexity index is 4370. The topological polar surface area (TPSA) is 831 Å². The number of hydrogen-bond donors (Lipinski definition) is 27. The first-order chi connectivity index (χ1) is 61.3. The van der Waals surface area contributed by atoms with Gasteiger partial charge in [0.25, 0.3) is 0 Å². The highest BCUT2D eigenvalue weighted by atomic mass is 16.4. The molecule has 17 atom stereocenters. The van der Waals surface area contributed by atoms with Gasteiger partial charge in [-0.2, -0.15) is 0 Å². The second kappa shape index (κ2) is 57.0. The van der Waals surface area contributed by atoms with Crippen LogP contribution in [0.25, 0.3) is 0 Å². The summed E-state index contributed by atoms with van der Waals surface area (Å²) in [7, 11) is 0. The molecular formula is C81H122N20O30. The molecular weight excluding hydrogens is 1730 g/mol. The van der Waals surface area contributed by atoms with Crippen LogP contribution in [0.3, 0.4) is 0 Å². The van der Waals surface area contributed by atoms with Crippen molar-refractivity contribution >= 4 is 136 Å². The highest BCUT2D eigenvalue weighted by molar-refractivity contribution is 6.02. The van der Waals surface area contributed by atoms with E-state index in [-0.39, 0.29) is 37.9 Å². The van der Waals surface area contributed by atoms with E-state index in [9.17, 15) is 146 Å². The lowest BCUT2D eigenvalue weighted by atomic mass is 9.95. The molecule has 131 heavy (non-hydrogen) atoms. The number of nitrogens with one attached hydrogen (secondary N) is 16. The van der Waals surface area contributed by atoms with Crippen LogP contribution in [0.15, 0.2) is 54.6 Å². The third-order valence-corrected chi connectivity index (χ3v) is 20.0. The first kappa shape index (κ1) is 113. The normalized spacial score (nSPS) is 14.9. The minimum Gasteiger partial charge on any atom is -0.508 e. The number of benzene rings is 2. The monoisotopic (exact) mass is 1850 g/mol.